The highest BCUT2D eigenvalue weighted by molar-refractivity contribution is 5.92. The molecule has 0 unspecified atom stereocenters. The molecule has 1 aliphatic heterocycles. The van der Waals surface area contributed by atoms with E-state index in [-0.39, 0.29) is 11.7 Å². The Morgan fingerprint density at radius 3 is 2.91 bits per heavy atom. The number of hydrogen-bond acceptors (Lipinski definition) is 4. The molecule has 7 heteroatoms. The summed E-state index contributed by atoms with van der Waals surface area (Å²) in [5.74, 6) is 0.0603. The van der Waals surface area contributed by atoms with Gasteiger partial charge in [-0.05, 0) is 56.6 Å². The van der Waals surface area contributed by atoms with E-state index in [1.807, 2.05) is 11.9 Å². The molecule has 1 amide bonds. The number of piperidine rings is 1. The third kappa shape index (κ3) is 3.56. The van der Waals surface area contributed by atoms with Crippen molar-refractivity contribution in [2.75, 3.05) is 26.7 Å². The molecule has 1 N–H and O–H groups in total. The van der Waals surface area contributed by atoms with Crippen molar-refractivity contribution in [3.8, 4) is 5.69 Å². The van der Waals surface area contributed by atoms with E-state index in [0.717, 1.165) is 32.5 Å². The minimum Gasteiger partial charge on any atom is -0.337 e. The van der Waals surface area contributed by atoms with Crippen LogP contribution in [0, 0.1) is 11.7 Å². The van der Waals surface area contributed by atoms with Crippen molar-refractivity contribution in [3.63, 3.8) is 0 Å². The first-order valence-corrected chi connectivity index (χ1v) is 7.79. The van der Waals surface area contributed by atoms with Crippen LogP contribution in [0.25, 0.3) is 5.69 Å². The van der Waals surface area contributed by atoms with Crippen LogP contribution in [0.1, 0.15) is 23.3 Å². The maximum Gasteiger partial charge on any atom is 0.276 e. The Kier molecular flexibility index (Phi) is 4.66. The Morgan fingerprint density at radius 2 is 2.17 bits per heavy atom. The average molecular weight is 317 g/mol. The lowest BCUT2D eigenvalue weighted by molar-refractivity contribution is 0.0668. The van der Waals surface area contributed by atoms with E-state index < -0.39 is 0 Å². The van der Waals surface area contributed by atoms with Gasteiger partial charge in [0, 0.05) is 13.1 Å². The molecule has 0 spiro atoms. The first kappa shape index (κ1) is 15.6. The third-order valence-electron chi connectivity index (χ3n) is 4.07. The van der Waals surface area contributed by atoms with E-state index in [4.69, 9.17) is 0 Å². The Balaban J connectivity index is 1.72. The molecule has 0 bridgehead atoms. The summed E-state index contributed by atoms with van der Waals surface area (Å²) in [5.41, 5.74) is 0.941. The molecule has 1 aromatic heterocycles. The zero-order valence-electron chi connectivity index (χ0n) is 13.1. The second-order valence-corrected chi connectivity index (χ2v) is 5.81. The fourth-order valence-corrected chi connectivity index (χ4v) is 2.93. The lowest BCUT2D eigenvalue weighted by atomic mass is 9.98. The minimum absolute atomic E-state index is 0.0980. The fraction of sp³-hybridized carbons (Fsp3) is 0.438. The van der Waals surface area contributed by atoms with E-state index in [9.17, 15) is 9.18 Å². The normalized spacial score (nSPS) is 18.2. The highest BCUT2D eigenvalue weighted by atomic mass is 19.1. The third-order valence-corrected chi connectivity index (χ3v) is 4.07. The van der Waals surface area contributed by atoms with Gasteiger partial charge in [0.25, 0.3) is 5.91 Å². The second-order valence-electron chi connectivity index (χ2n) is 5.81. The first-order chi connectivity index (χ1) is 11.2. The molecule has 0 radical (unpaired) electrons. The average Bonchev–Trinajstić information content (AvgIpc) is 3.05. The number of nitrogens with zero attached hydrogens (tertiary/aromatic N) is 4. The number of amides is 1. The minimum atomic E-state index is -0.318. The van der Waals surface area contributed by atoms with Crippen molar-refractivity contribution in [1.29, 1.82) is 0 Å². The van der Waals surface area contributed by atoms with Crippen molar-refractivity contribution in [1.82, 2.24) is 25.2 Å². The number of benzene rings is 1. The van der Waals surface area contributed by atoms with Gasteiger partial charge in [-0.2, -0.15) is 9.90 Å². The molecular weight excluding hydrogens is 297 g/mol. The van der Waals surface area contributed by atoms with Gasteiger partial charge in [-0.15, -0.1) is 5.10 Å². The van der Waals surface area contributed by atoms with Crippen LogP contribution in [0.4, 0.5) is 4.39 Å². The smallest absolute Gasteiger partial charge is 0.276 e. The molecule has 1 saturated heterocycles. The number of aromatic nitrogens is 3. The second kappa shape index (κ2) is 6.87. The van der Waals surface area contributed by atoms with Gasteiger partial charge in [-0.25, -0.2) is 4.39 Å². The van der Waals surface area contributed by atoms with E-state index in [2.05, 4.69) is 15.5 Å². The maximum atomic E-state index is 13.0. The largest absolute Gasteiger partial charge is 0.337 e. The lowest BCUT2D eigenvalue weighted by Crippen LogP contribution is -2.42. The van der Waals surface area contributed by atoms with Gasteiger partial charge in [0.05, 0.1) is 11.9 Å². The van der Waals surface area contributed by atoms with Crippen LogP contribution in [-0.2, 0) is 0 Å². The monoisotopic (exact) mass is 317 g/mol. The molecule has 2 aromatic rings. The van der Waals surface area contributed by atoms with Crippen molar-refractivity contribution in [2.45, 2.75) is 12.8 Å². The number of hydrogen-bond donors (Lipinski definition) is 1. The molecule has 1 aromatic carbocycles. The summed E-state index contributed by atoms with van der Waals surface area (Å²) in [6.45, 7) is 2.40. The zero-order chi connectivity index (χ0) is 16.2. The van der Waals surface area contributed by atoms with Crippen molar-refractivity contribution < 1.29 is 9.18 Å². The molecule has 23 heavy (non-hydrogen) atoms. The number of likely N-dealkylation sites (tertiary alicyclic amines) is 1. The lowest BCUT2D eigenvalue weighted by Gasteiger charge is -2.32. The van der Waals surface area contributed by atoms with Crippen LogP contribution >= 0.6 is 0 Å². The van der Waals surface area contributed by atoms with Crippen molar-refractivity contribution >= 4 is 5.91 Å². The Bertz CT molecular complexity index is 667. The van der Waals surface area contributed by atoms with Crippen LogP contribution in [-0.4, -0.2) is 52.5 Å². The summed E-state index contributed by atoms with van der Waals surface area (Å²) < 4.78 is 13.0. The predicted octanol–water partition coefficient (Wildman–Crippen LogP) is 1.48. The van der Waals surface area contributed by atoms with Gasteiger partial charge < -0.3 is 10.2 Å². The Hall–Kier alpha value is -2.28. The van der Waals surface area contributed by atoms with Crippen molar-refractivity contribution in [3.05, 3.63) is 42.0 Å². The number of nitrogens with one attached hydrogen (secondary N) is 1. The topological polar surface area (TPSA) is 63.1 Å². The summed E-state index contributed by atoms with van der Waals surface area (Å²) in [6.07, 6.45) is 3.60. The van der Waals surface area contributed by atoms with E-state index in [1.165, 1.54) is 23.1 Å². The van der Waals surface area contributed by atoms with Crippen molar-refractivity contribution in [2.24, 2.45) is 5.92 Å². The highest BCUT2D eigenvalue weighted by Gasteiger charge is 2.25. The standard InChI is InChI=1S/C16H20FN5O/c1-18-9-12-3-2-8-21(11-12)16(23)15-10-19-22(20-15)14-6-4-13(17)5-7-14/h4-7,10,12,18H,2-3,8-9,11H2,1H3/t12-/m0/s1. The predicted molar refractivity (Wildman–Crippen MR) is 83.9 cm³/mol. The molecule has 3 rings (SSSR count). The summed E-state index contributed by atoms with van der Waals surface area (Å²) >= 11 is 0. The molecule has 6 nitrogen and oxygen atoms in total. The molecular formula is C16H20FN5O. The van der Waals surface area contributed by atoms with Gasteiger partial charge in [-0.1, -0.05) is 0 Å². The Morgan fingerprint density at radius 1 is 1.39 bits per heavy atom. The molecule has 0 saturated carbocycles. The molecule has 2 heterocycles. The first-order valence-electron chi connectivity index (χ1n) is 7.79. The Labute approximate surface area is 134 Å². The molecule has 1 atom stereocenters. The summed E-state index contributed by atoms with van der Waals surface area (Å²) in [6, 6.07) is 5.83. The van der Waals surface area contributed by atoms with Gasteiger partial charge in [0.15, 0.2) is 5.69 Å². The molecule has 1 fully saturated rings. The SMILES string of the molecule is CNC[C@@H]1CCCN(C(=O)c2cnn(-c3ccc(F)cc3)n2)C1. The van der Waals surface area contributed by atoms with Gasteiger partial charge >= 0.3 is 0 Å². The van der Waals surface area contributed by atoms with Gasteiger partial charge in [0.1, 0.15) is 5.82 Å². The van der Waals surface area contributed by atoms with Crippen LogP contribution in [0.2, 0.25) is 0 Å². The van der Waals surface area contributed by atoms with Crippen LogP contribution in [0.5, 0.6) is 0 Å². The summed E-state index contributed by atoms with van der Waals surface area (Å²) in [5, 5.41) is 11.5. The van der Waals surface area contributed by atoms with Crippen LogP contribution < -0.4 is 5.32 Å². The number of rotatable bonds is 4. The van der Waals surface area contributed by atoms with Gasteiger partial charge in [0.2, 0.25) is 0 Å². The van der Waals surface area contributed by atoms with Gasteiger partial charge in [-0.3, -0.25) is 4.79 Å². The van der Waals surface area contributed by atoms with Crippen LogP contribution in [0.15, 0.2) is 30.5 Å². The molecule has 0 aliphatic carbocycles. The number of carbonyl (C=O) groups is 1. The highest BCUT2D eigenvalue weighted by Crippen LogP contribution is 2.17. The van der Waals surface area contributed by atoms with Crippen LogP contribution in [0.3, 0.4) is 0 Å². The zero-order valence-corrected chi connectivity index (χ0v) is 13.1. The molecule has 122 valence electrons. The number of halogens is 1. The quantitative estimate of drug-likeness (QED) is 0.928. The summed E-state index contributed by atoms with van der Waals surface area (Å²) in [4.78, 5) is 15.8. The number of carbonyl (C=O) groups excluding carboxylic acids is 1. The van der Waals surface area contributed by atoms with E-state index >= 15 is 0 Å². The summed E-state index contributed by atoms with van der Waals surface area (Å²) in [7, 11) is 1.93. The maximum absolute atomic E-state index is 13.0. The van der Waals surface area contributed by atoms with E-state index in [0.29, 0.717) is 17.3 Å². The van der Waals surface area contributed by atoms with E-state index in [1.54, 1.807) is 12.1 Å². The molecule has 1 aliphatic rings. The fourth-order valence-electron chi connectivity index (χ4n) is 2.93.